The van der Waals surface area contributed by atoms with Gasteiger partial charge in [-0.1, -0.05) is 56.1 Å². The zero-order chi connectivity index (χ0) is 34.2. The van der Waals surface area contributed by atoms with Crippen LogP contribution < -0.4 is 14.8 Å². The van der Waals surface area contributed by atoms with E-state index in [2.05, 4.69) is 31.1 Å². The van der Waals surface area contributed by atoms with Crippen LogP contribution >= 0.6 is 34.5 Å². The first-order chi connectivity index (χ1) is 22.2. The molecule has 4 aromatic rings. The lowest BCUT2D eigenvalue weighted by Gasteiger charge is -2.19. The zero-order valence-electron chi connectivity index (χ0n) is 26.4. The van der Waals surface area contributed by atoms with E-state index in [0.29, 0.717) is 29.4 Å². The van der Waals surface area contributed by atoms with Crippen molar-refractivity contribution in [3.05, 3.63) is 104 Å². The van der Waals surface area contributed by atoms with E-state index in [-0.39, 0.29) is 39.9 Å². The maximum absolute atomic E-state index is 13.3. The molecule has 0 radical (unpaired) electrons. The van der Waals surface area contributed by atoms with E-state index in [1.165, 1.54) is 35.6 Å². The standard InChI is InChI=1S/C34H36Cl2N2O7S2/c1-5-43-33(40)32(45-24-12-8-22(9-13-24)7-6-18-47(41,42)26-15-10-23(35)11-16-26)38-31(39)27-19-25(14-17-28(27)36)44-20-30-37-29(21-46-30)34(2,3)4/h8-17,19,21,32H,5-7,18,20H2,1-4H3,(H,38,39). The molecule has 0 saturated heterocycles. The molecule has 1 unspecified atom stereocenters. The number of ether oxygens (including phenoxy) is 3. The van der Waals surface area contributed by atoms with Crippen molar-refractivity contribution in [3.8, 4) is 11.5 Å². The topological polar surface area (TPSA) is 121 Å². The number of nitrogens with zero attached hydrogens (tertiary/aromatic N) is 1. The van der Waals surface area contributed by atoms with Crippen LogP contribution in [0.4, 0.5) is 0 Å². The van der Waals surface area contributed by atoms with Gasteiger partial charge in [-0.05, 0) is 79.9 Å². The summed E-state index contributed by atoms with van der Waals surface area (Å²) in [5.74, 6) is -0.790. The number of sulfone groups is 1. The molecule has 1 aromatic heterocycles. The summed E-state index contributed by atoms with van der Waals surface area (Å²) in [7, 11) is -3.44. The van der Waals surface area contributed by atoms with Crippen LogP contribution in [0, 0.1) is 0 Å². The molecule has 0 aliphatic rings. The summed E-state index contributed by atoms with van der Waals surface area (Å²) in [6.07, 6.45) is -0.565. The first-order valence-electron chi connectivity index (χ1n) is 14.8. The summed E-state index contributed by atoms with van der Waals surface area (Å²) < 4.78 is 42.1. The van der Waals surface area contributed by atoms with Crippen molar-refractivity contribution >= 4 is 56.3 Å². The molecule has 4 rings (SSSR count). The average molecular weight is 720 g/mol. The van der Waals surface area contributed by atoms with Crippen molar-refractivity contribution in [1.82, 2.24) is 10.3 Å². The molecule has 0 spiro atoms. The number of rotatable bonds is 14. The molecule has 1 heterocycles. The van der Waals surface area contributed by atoms with Gasteiger partial charge in [-0.2, -0.15) is 0 Å². The highest BCUT2D eigenvalue weighted by Crippen LogP contribution is 2.27. The minimum Gasteiger partial charge on any atom is -0.486 e. The molecule has 9 nitrogen and oxygen atoms in total. The van der Waals surface area contributed by atoms with Crippen LogP contribution in [0.25, 0.3) is 0 Å². The van der Waals surface area contributed by atoms with Gasteiger partial charge in [0.25, 0.3) is 12.1 Å². The van der Waals surface area contributed by atoms with Crippen LogP contribution in [0.15, 0.2) is 77.0 Å². The lowest BCUT2D eigenvalue weighted by molar-refractivity contribution is -0.152. The highest BCUT2D eigenvalue weighted by Gasteiger charge is 2.26. The van der Waals surface area contributed by atoms with Gasteiger partial charge in [0.15, 0.2) is 9.84 Å². The number of aryl methyl sites for hydroxylation is 1. The SMILES string of the molecule is CCOC(=O)C(NC(=O)c1cc(OCc2nc(C(C)(C)C)cs2)ccc1Cl)Oc1ccc(CCCS(=O)(=O)c2ccc(Cl)cc2)cc1. The lowest BCUT2D eigenvalue weighted by atomic mass is 9.93. The van der Waals surface area contributed by atoms with Crippen molar-refractivity contribution in [2.24, 2.45) is 0 Å². The van der Waals surface area contributed by atoms with E-state index >= 15 is 0 Å². The van der Waals surface area contributed by atoms with Gasteiger partial charge in [0.05, 0.1) is 33.5 Å². The molecular weight excluding hydrogens is 683 g/mol. The smallest absolute Gasteiger partial charge is 0.369 e. The maximum atomic E-state index is 13.3. The van der Waals surface area contributed by atoms with Gasteiger partial charge in [-0.3, -0.25) is 4.79 Å². The van der Waals surface area contributed by atoms with Crippen molar-refractivity contribution in [2.45, 2.75) is 63.7 Å². The Bertz CT molecular complexity index is 1790. The molecule has 0 saturated carbocycles. The van der Waals surface area contributed by atoms with Gasteiger partial charge in [0.1, 0.15) is 23.1 Å². The predicted octanol–water partition coefficient (Wildman–Crippen LogP) is 7.43. The summed E-state index contributed by atoms with van der Waals surface area (Å²) in [6.45, 7) is 8.19. The lowest BCUT2D eigenvalue weighted by Crippen LogP contribution is -2.46. The van der Waals surface area contributed by atoms with Crippen molar-refractivity contribution in [1.29, 1.82) is 0 Å². The monoisotopic (exact) mass is 718 g/mol. The summed E-state index contributed by atoms with van der Waals surface area (Å²) >= 11 is 13.7. The van der Waals surface area contributed by atoms with Gasteiger partial charge in [-0.25, -0.2) is 18.2 Å². The highest BCUT2D eigenvalue weighted by atomic mass is 35.5. The fraction of sp³-hybridized carbons (Fsp3) is 0.324. The van der Waals surface area contributed by atoms with E-state index in [4.69, 9.17) is 37.4 Å². The maximum Gasteiger partial charge on any atom is 0.369 e. The third-order valence-corrected chi connectivity index (χ3v) is 10.1. The fourth-order valence-corrected chi connectivity index (χ4v) is 6.86. The first kappa shape index (κ1) is 36.2. The molecular formula is C34H36Cl2N2O7S2. The van der Waals surface area contributed by atoms with Gasteiger partial charge < -0.3 is 19.5 Å². The summed E-state index contributed by atoms with van der Waals surface area (Å²) in [5, 5.41) is 5.97. The third kappa shape index (κ3) is 10.4. The Kier molecular flexibility index (Phi) is 12.3. The Morgan fingerprint density at radius 1 is 0.979 bits per heavy atom. The van der Waals surface area contributed by atoms with E-state index in [0.717, 1.165) is 16.3 Å². The van der Waals surface area contributed by atoms with Crippen molar-refractivity contribution in [2.75, 3.05) is 12.4 Å². The first-order valence-corrected chi connectivity index (χ1v) is 18.1. The Balaban J connectivity index is 1.37. The zero-order valence-corrected chi connectivity index (χ0v) is 29.6. The molecule has 3 aromatic carbocycles. The molecule has 1 atom stereocenters. The van der Waals surface area contributed by atoms with Gasteiger partial charge in [0, 0.05) is 15.8 Å². The minimum absolute atomic E-state index is 0.0261. The van der Waals surface area contributed by atoms with E-state index in [1.54, 1.807) is 49.4 Å². The number of esters is 1. The van der Waals surface area contributed by atoms with Gasteiger partial charge in [-0.15, -0.1) is 11.3 Å². The van der Waals surface area contributed by atoms with Crippen molar-refractivity contribution < 1.29 is 32.2 Å². The number of carbonyl (C=O) groups is 2. The number of aromatic nitrogens is 1. The number of amides is 1. The van der Waals surface area contributed by atoms with E-state index < -0.39 is 27.9 Å². The number of nitrogens with one attached hydrogen (secondary N) is 1. The second-order valence-electron chi connectivity index (χ2n) is 11.6. The molecule has 1 N–H and O–H groups in total. The van der Waals surface area contributed by atoms with Crippen LogP contribution in [0.1, 0.15) is 60.7 Å². The number of halogens is 2. The molecule has 1 amide bonds. The highest BCUT2D eigenvalue weighted by molar-refractivity contribution is 7.91. The van der Waals surface area contributed by atoms with Gasteiger partial charge in [0.2, 0.25) is 0 Å². The quantitative estimate of drug-likeness (QED) is 0.106. The summed E-state index contributed by atoms with van der Waals surface area (Å²) in [6, 6.07) is 17.5. The van der Waals surface area contributed by atoms with Crippen LogP contribution in [-0.4, -0.2) is 43.9 Å². The Morgan fingerprint density at radius 2 is 1.66 bits per heavy atom. The van der Waals surface area contributed by atoms with Crippen LogP contribution in [0.2, 0.25) is 10.0 Å². The second-order valence-corrected chi connectivity index (χ2v) is 15.4. The molecule has 47 heavy (non-hydrogen) atoms. The Hall–Kier alpha value is -3.64. The third-order valence-electron chi connectivity index (χ3n) is 6.86. The molecule has 0 fully saturated rings. The number of benzene rings is 3. The van der Waals surface area contributed by atoms with E-state index in [9.17, 15) is 18.0 Å². The normalized spacial score (nSPS) is 12.3. The molecule has 13 heteroatoms. The molecule has 0 bridgehead atoms. The van der Waals surface area contributed by atoms with Crippen molar-refractivity contribution in [3.63, 3.8) is 0 Å². The number of hydrogen-bond acceptors (Lipinski definition) is 9. The largest absolute Gasteiger partial charge is 0.486 e. The summed E-state index contributed by atoms with van der Waals surface area (Å²) in [4.78, 5) is 30.9. The van der Waals surface area contributed by atoms with Crippen LogP contribution in [-0.2, 0) is 37.8 Å². The number of hydrogen-bond donors (Lipinski definition) is 1. The summed E-state index contributed by atoms with van der Waals surface area (Å²) in [5.41, 5.74) is 1.85. The second kappa shape index (κ2) is 16.0. The van der Waals surface area contributed by atoms with Crippen LogP contribution in [0.5, 0.6) is 11.5 Å². The molecule has 0 aliphatic heterocycles. The number of thiazole rings is 1. The number of carbonyl (C=O) groups excluding carboxylic acids is 2. The Labute approximate surface area is 289 Å². The Morgan fingerprint density at radius 3 is 2.30 bits per heavy atom. The average Bonchev–Trinajstić information content (AvgIpc) is 3.51. The van der Waals surface area contributed by atoms with Gasteiger partial charge >= 0.3 is 5.97 Å². The molecule has 0 aliphatic carbocycles. The van der Waals surface area contributed by atoms with Crippen LogP contribution in [0.3, 0.4) is 0 Å². The van der Waals surface area contributed by atoms with E-state index in [1.807, 2.05) is 5.38 Å². The minimum atomic E-state index is -3.44. The predicted molar refractivity (Wildman–Crippen MR) is 183 cm³/mol. The fourth-order valence-electron chi connectivity index (χ4n) is 4.28. The molecule has 250 valence electrons.